The number of carboxylic acids is 1. The predicted octanol–water partition coefficient (Wildman–Crippen LogP) is 1.25. The number of aromatic nitrogens is 1. The Hall–Kier alpha value is -2.77. The lowest BCUT2D eigenvalue weighted by molar-refractivity contribution is 0.0694. The number of aliphatic hydroxyl groups excluding tert-OH is 2. The fourth-order valence-electron chi connectivity index (χ4n) is 4.92. The zero-order chi connectivity index (χ0) is 29.4. The molecule has 2 aliphatic heterocycles. The highest BCUT2D eigenvalue weighted by molar-refractivity contribution is 5.97. The molecule has 0 bridgehead atoms. The molecule has 11 nitrogen and oxygen atoms in total. The van der Waals surface area contributed by atoms with E-state index >= 15 is 0 Å². The van der Waals surface area contributed by atoms with Crippen LogP contribution in [0, 0.1) is 5.82 Å². The molecule has 1 fully saturated rings. The molecule has 0 saturated carbocycles. The normalized spacial score (nSPS) is 18.6. The van der Waals surface area contributed by atoms with Gasteiger partial charge in [-0.05, 0) is 32.9 Å². The van der Waals surface area contributed by atoms with E-state index in [0.717, 1.165) is 45.1 Å². The van der Waals surface area contributed by atoms with E-state index in [0.29, 0.717) is 30.0 Å². The van der Waals surface area contributed by atoms with Gasteiger partial charge in [-0.1, -0.05) is 13.8 Å². The van der Waals surface area contributed by atoms with E-state index in [-0.39, 0.29) is 48.9 Å². The van der Waals surface area contributed by atoms with Crippen molar-refractivity contribution in [3.63, 3.8) is 0 Å². The minimum atomic E-state index is -1.32. The van der Waals surface area contributed by atoms with Crippen LogP contribution in [0.1, 0.15) is 50.0 Å². The first-order chi connectivity index (χ1) is 19.2. The predicted molar refractivity (Wildman–Crippen MR) is 153 cm³/mol. The monoisotopic (exact) mass is 565 g/mol. The van der Waals surface area contributed by atoms with Gasteiger partial charge >= 0.3 is 5.97 Å². The molecular formula is C28H44FN5O6. The number of hydrogen-bond acceptors (Lipinski definition) is 9. The molecule has 2 aromatic rings. The molecule has 40 heavy (non-hydrogen) atoms. The quantitative estimate of drug-likeness (QED) is 0.253. The fraction of sp³-hybridized carbons (Fsp3) is 0.643. The Labute approximate surface area is 234 Å². The number of carboxylic acid groups (broad SMARTS) is 1. The summed E-state index contributed by atoms with van der Waals surface area (Å²) < 4.78 is 22.6. The molecule has 3 atom stereocenters. The Balaban J connectivity index is 0.000000270. The molecule has 4 rings (SSSR count). The van der Waals surface area contributed by atoms with Gasteiger partial charge in [-0.2, -0.15) is 0 Å². The molecular weight excluding hydrogens is 521 g/mol. The molecule has 1 aromatic heterocycles. The summed E-state index contributed by atoms with van der Waals surface area (Å²) in [7, 11) is 2.02. The van der Waals surface area contributed by atoms with E-state index in [2.05, 4.69) is 15.5 Å². The molecule has 12 heteroatoms. The molecule has 0 amide bonds. The SMILES string of the molecule is CC[C@@H](CO)NCCN[C@@H](CC)CO.C[C@H]1COc2c(N3CCN(C)CC3)c(F)cc3c(=O)c(C(=O)O)cn1c23. The largest absolute Gasteiger partial charge is 0.487 e. The van der Waals surface area contributed by atoms with E-state index in [4.69, 9.17) is 14.9 Å². The van der Waals surface area contributed by atoms with Crippen LogP contribution in [-0.2, 0) is 0 Å². The zero-order valence-electron chi connectivity index (χ0n) is 24.0. The minimum absolute atomic E-state index is 0.0434. The van der Waals surface area contributed by atoms with Crippen LogP contribution in [0.5, 0.6) is 5.75 Å². The minimum Gasteiger partial charge on any atom is -0.487 e. The van der Waals surface area contributed by atoms with Crippen molar-refractivity contribution in [2.45, 2.75) is 51.7 Å². The second-order valence-corrected chi connectivity index (χ2v) is 10.5. The van der Waals surface area contributed by atoms with Gasteiger partial charge < -0.3 is 45.1 Å². The van der Waals surface area contributed by atoms with E-state index in [1.54, 1.807) is 4.57 Å². The molecule has 1 saturated heterocycles. The van der Waals surface area contributed by atoms with E-state index in [1.807, 2.05) is 32.7 Å². The number of nitrogens with zero attached hydrogens (tertiary/aromatic N) is 3. The van der Waals surface area contributed by atoms with Crippen LogP contribution in [0.4, 0.5) is 10.1 Å². The first-order valence-electron chi connectivity index (χ1n) is 14.1. The van der Waals surface area contributed by atoms with Crippen LogP contribution in [0.15, 0.2) is 17.1 Å². The summed E-state index contributed by atoms with van der Waals surface area (Å²) in [5.41, 5.74) is -0.224. The van der Waals surface area contributed by atoms with Gasteiger partial charge in [-0.15, -0.1) is 0 Å². The van der Waals surface area contributed by atoms with Crippen LogP contribution in [0.3, 0.4) is 0 Å². The third-order valence-electron chi connectivity index (χ3n) is 7.61. The number of pyridine rings is 1. The summed E-state index contributed by atoms with van der Waals surface area (Å²) in [6, 6.07) is 1.39. The summed E-state index contributed by atoms with van der Waals surface area (Å²) in [6.45, 7) is 11.2. The third-order valence-corrected chi connectivity index (χ3v) is 7.61. The van der Waals surface area contributed by atoms with Crippen molar-refractivity contribution >= 4 is 22.6 Å². The lowest BCUT2D eigenvalue weighted by Crippen LogP contribution is -2.45. The standard InChI is InChI=1S/C18H20FN3O4.C10H24N2O2/c1-10-9-26-17-14-11(16(23)12(18(24)25)8-22(10)14)7-13(19)15(17)21-5-3-20(2)4-6-21;1-3-9(7-13)11-5-6-12-10(4-2)8-14/h7-8,10H,3-6,9H2,1-2H3,(H,24,25);9-14H,3-8H2,1-2H3/t10-;9-,10-/m00/s1. The number of benzene rings is 1. The number of likely N-dealkylation sites (N-methyl/N-ethyl adjacent to an activating group) is 1. The molecule has 0 aliphatic carbocycles. The van der Waals surface area contributed by atoms with Crippen LogP contribution < -0.4 is 25.7 Å². The summed E-state index contributed by atoms with van der Waals surface area (Å²) in [5.74, 6) is -1.54. The maximum absolute atomic E-state index is 15.0. The number of carbonyl (C=O) groups is 1. The van der Waals surface area contributed by atoms with Crippen LogP contribution >= 0.6 is 0 Å². The van der Waals surface area contributed by atoms with Crippen molar-refractivity contribution in [2.24, 2.45) is 0 Å². The molecule has 2 aliphatic rings. The zero-order valence-corrected chi connectivity index (χ0v) is 24.0. The highest BCUT2D eigenvalue weighted by Crippen LogP contribution is 2.42. The number of nitrogens with one attached hydrogen (secondary N) is 2. The summed E-state index contributed by atoms with van der Waals surface area (Å²) in [4.78, 5) is 28.1. The summed E-state index contributed by atoms with van der Waals surface area (Å²) in [6.07, 6.45) is 3.22. The average molecular weight is 566 g/mol. The molecule has 1 aromatic carbocycles. The van der Waals surface area contributed by atoms with Crippen LogP contribution in [0.2, 0.25) is 0 Å². The lowest BCUT2D eigenvalue weighted by atomic mass is 10.1. The molecule has 5 N–H and O–H groups in total. The highest BCUT2D eigenvalue weighted by Gasteiger charge is 2.30. The van der Waals surface area contributed by atoms with Gasteiger partial charge in [0.05, 0.1) is 30.2 Å². The van der Waals surface area contributed by atoms with Gasteiger partial charge in [0.1, 0.15) is 17.9 Å². The maximum atomic E-state index is 15.0. The van der Waals surface area contributed by atoms with Gasteiger partial charge in [-0.25, -0.2) is 9.18 Å². The van der Waals surface area contributed by atoms with Gasteiger partial charge in [0.15, 0.2) is 11.6 Å². The Morgan fingerprint density at radius 3 is 2.17 bits per heavy atom. The molecule has 0 spiro atoms. The Morgan fingerprint density at radius 1 is 1.10 bits per heavy atom. The first-order valence-corrected chi connectivity index (χ1v) is 14.1. The lowest BCUT2D eigenvalue weighted by Gasteiger charge is -2.37. The number of rotatable bonds is 11. The number of piperazine rings is 1. The fourth-order valence-corrected chi connectivity index (χ4v) is 4.92. The van der Waals surface area contributed by atoms with Gasteiger partial charge in [0.2, 0.25) is 5.43 Å². The number of ether oxygens (including phenoxy) is 1. The smallest absolute Gasteiger partial charge is 0.341 e. The first kappa shape index (κ1) is 31.8. The van der Waals surface area contributed by atoms with E-state index in [1.165, 1.54) is 6.20 Å². The van der Waals surface area contributed by atoms with Gasteiger partial charge in [0.25, 0.3) is 0 Å². The van der Waals surface area contributed by atoms with Crippen molar-refractivity contribution in [1.82, 2.24) is 20.1 Å². The number of aromatic carboxylic acids is 1. The van der Waals surface area contributed by atoms with Crippen molar-refractivity contribution in [3.8, 4) is 5.75 Å². The van der Waals surface area contributed by atoms with E-state index < -0.39 is 17.2 Å². The maximum Gasteiger partial charge on any atom is 0.341 e. The Kier molecular flexibility index (Phi) is 11.7. The Bertz CT molecular complexity index is 1180. The highest BCUT2D eigenvalue weighted by atomic mass is 19.1. The third kappa shape index (κ3) is 7.29. The Morgan fingerprint density at radius 2 is 1.68 bits per heavy atom. The van der Waals surface area contributed by atoms with Crippen molar-refractivity contribution in [3.05, 3.63) is 33.9 Å². The van der Waals surface area contributed by atoms with Crippen molar-refractivity contribution in [2.75, 3.05) is 71.0 Å². The second-order valence-electron chi connectivity index (χ2n) is 10.5. The van der Waals surface area contributed by atoms with Crippen LogP contribution in [0.25, 0.3) is 10.9 Å². The molecule has 3 heterocycles. The molecule has 0 unspecified atom stereocenters. The topological polar surface area (TPSA) is 140 Å². The van der Waals surface area contributed by atoms with Crippen molar-refractivity contribution < 1.29 is 29.2 Å². The van der Waals surface area contributed by atoms with Gasteiger partial charge in [-0.3, -0.25) is 4.79 Å². The molecule has 224 valence electrons. The number of aliphatic hydroxyl groups is 2. The van der Waals surface area contributed by atoms with Gasteiger partial charge in [0, 0.05) is 57.5 Å². The number of halogens is 1. The molecule has 0 radical (unpaired) electrons. The summed E-state index contributed by atoms with van der Waals surface area (Å²) >= 11 is 0. The second kappa shape index (κ2) is 14.7. The average Bonchev–Trinajstić information content (AvgIpc) is 2.94. The number of anilines is 1. The van der Waals surface area contributed by atoms with E-state index in [9.17, 15) is 19.1 Å². The van der Waals surface area contributed by atoms with Crippen LogP contribution in [-0.4, -0.2) is 109 Å². The summed E-state index contributed by atoms with van der Waals surface area (Å²) in [5, 5.41) is 33.6. The number of hydrogen-bond donors (Lipinski definition) is 5. The van der Waals surface area contributed by atoms with Crippen molar-refractivity contribution in [1.29, 1.82) is 0 Å².